The van der Waals surface area contributed by atoms with Gasteiger partial charge in [0.05, 0.1) is 0 Å². The molecular formula is C16H30N4O2. The van der Waals surface area contributed by atoms with Crippen LogP contribution in [-0.4, -0.2) is 48.9 Å². The number of nitrogens with zero attached hydrogens (tertiary/aromatic N) is 2. The van der Waals surface area contributed by atoms with E-state index in [1.807, 2.05) is 6.92 Å². The van der Waals surface area contributed by atoms with E-state index in [0.717, 1.165) is 25.5 Å². The fourth-order valence-corrected chi connectivity index (χ4v) is 2.37. The molecule has 0 aromatic heterocycles. The van der Waals surface area contributed by atoms with Gasteiger partial charge in [-0.15, -0.1) is 0 Å². The molecule has 126 valence electrons. The number of hydrogen-bond acceptors (Lipinski definition) is 3. The number of hydrogen-bond donors (Lipinski definition) is 2. The largest absolute Gasteiger partial charge is 0.357 e. The molecule has 1 saturated heterocycles. The van der Waals surface area contributed by atoms with Crippen molar-refractivity contribution in [1.82, 2.24) is 15.5 Å². The predicted octanol–water partition coefficient (Wildman–Crippen LogP) is 1.52. The number of likely N-dealkylation sites (tertiary alicyclic amines) is 1. The van der Waals surface area contributed by atoms with Crippen molar-refractivity contribution in [1.29, 1.82) is 0 Å². The Morgan fingerprint density at radius 1 is 1.23 bits per heavy atom. The lowest BCUT2D eigenvalue weighted by Gasteiger charge is -2.25. The van der Waals surface area contributed by atoms with Gasteiger partial charge in [-0.05, 0) is 32.1 Å². The average molecular weight is 310 g/mol. The zero-order valence-electron chi connectivity index (χ0n) is 14.2. The summed E-state index contributed by atoms with van der Waals surface area (Å²) in [7, 11) is 0. The highest BCUT2D eigenvalue weighted by molar-refractivity contribution is 5.97. The first kappa shape index (κ1) is 18.5. The summed E-state index contributed by atoms with van der Waals surface area (Å²) in [5.41, 5.74) is 0. The monoisotopic (exact) mass is 310 g/mol. The number of carbonyl (C=O) groups excluding carboxylic acids is 2. The predicted molar refractivity (Wildman–Crippen MR) is 88.6 cm³/mol. The first-order valence-corrected chi connectivity index (χ1v) is 8.40. The highest BCUT2D eigenvalue weighted by Gasteiger charge is 2.25. The topological polar surface area (TPSA) is 73.8 Å². The van der Waals surface area contributed by atoms with Crippen LogP contribution in [0.1, 0.15) is 52.9 Å². The summed E-state index contributed by atoms with van der Waals surface area (Å²) in [6.45, 7) is 8.96. The summed E-state index contributed by atoms with van der Waals surface area (Å²) < 4.78 is 0. The molecule has 1 fully saturated rings. The number of guanidine groups is 1. The van der Waals surface area contributed by atoms with Crippen LogP contribution in [0.15, 0.2) is 4.99 Å². The van der Waals surface area contributed by atoms with Crippen LogP contribution in [0.3, 0.4) is 0 Å². The van der Waals surface area contributed by atoms with Gasteiger partial charge < -0.3 is 10.6 Å². The molecular weight excluding hydrogens is 280 g/mol. The van der Waals surface area contributed by atoms with Crippen molar-refractivity contribution in [3.8, 4) is 0 Å². The highest BCUT2D eigenvalue weighted by Crippen LogP contribution is 2.11. The van der Waals surface area contributed by atoms with E-state index in [0.29, 0.717) is 38.3 Å². The van der Waals surface area contributed by atoms with E-state index in [2.05, 4.69) is 29.5 Å². The van der Waals surface area contributed by atoms with Crippen LogP contribution in [0.2, 0.25) is 0 Å². The van der Waals surface area contributed by atoms with Gasteiger partial charge in [-0.2, -0.15) is 0 Å². The molecule has 1 rings (SSSR count). The van der Waals surface area contributed by atoms with Crippen LogP contribution < -0.4 is 10.6 Å². The molecule has 0 bridgehead atoms. The zero-order valence-corrected chi connectivity index (χ0v) is 14.2. The Morgan fingerprint density at radius 3 is 2.50 bits per heavy atom. The van der Waals surface area contributed by atoms with Gasteiger partial charge in [0, 0.05) is 39.0 Å². The smallest absolute Gasteiger partial charge is 0.229 e. The molecule has 0 aromatic carbocycles. The first-order valence-electron chi connectivity index (χ1n) is 8.40. The van der Waals surface area contributed by atoms with Crippen LogP contribution in [0.25, 0.3) is 0 Å². The fraction of sp³-hybridized carbons (Fsp3) is 0.812. The van der Waals surface area contributed by atoms with Gasteiger partial charge in [0.25, 0.3) is 0 Å². The molecule has 6 nitrogen and oxygen atoms in total. The number of nitrogens with one attached hydrogen (secondary N) is 2. The molecule has 22 heavy (non-hydrogen) atoms. The minimum atomic E-state index is -0.0584. The Labute approximate surface area is 133 Å². The fourth-order valence-electron chi connectivity index (χ4n) is 2.37. The Balaban J connectivity index is 2.35. The van der Waals surface area contributed by atoms with Crippen molar-refractivity contribution in [3.63, 3.8) is 0 Å². The Morgan fingerprint density at radius 2 is 1.91 bits per heavy atom. The molecule has 0 aromatic rings. The molecule has 6 heteroatoms. The summed E-state index contributed by atoms with van der Waals surface area (Å²) in [5, 5.41) is 6.37. The first-order chi connectivity index (χ1) is 10.5. The van der Waals surface area contributed by atoms with Gasteiger partial charge in [-0.1, -0.05) is 13.8 Å². The van der Waals surface area contributed by atoms with E-state index in [4.69, 9.17) is 0 Å². The second-order valence-corrected chi connectivity index (χ2v) is 6.02. The Kier molecular flexibility index (Phi) is 8.55. The van der Waals surface area contributed by atoms with Crippen molar-refractivity contribution >= 4 is 17.8 Å². The van der Waals surface area contributed by atoms with Crippen LogP contribution in [-0.2, 0) is 9.59 Å². The maximum atomic E-state index is 11.7. The molecule has 1 heterocycles. The second kappa shape index (κ2) is 10.2. The lowest BCUT2D eigenvalue weighted by molar-refractivity contribution is -0.147. The number of imide groups is 1. The summed E-state index contributed by atoms with van der Waals surface area (Å²) in [4.78, 5) is 29.3. The molecule has 2 amide bonds. The van der Waals surface area contributed by atoms with Crippen molar-refractivity contribution in [2.75, 3.05) is 26.2 Å². The SMILES string of the molecule is CCNC(=NCCCC(C)C)NCCN1C(=O)CCCC1=O. The third-order valence-electron chi connectivity index (χ3n) is 3.56. The van der Waals surface area contributed by atoms with E-state index in [9.17, 15) is 9.59 Å². The van der Waals surface area contributed by atoms with Gasteiger partial charge in [-0.25, -0.2) is 0 Å². The van der Waals surface area contributed by atoms with E-state index >= 15 is 0 Å². The zero-order chi connectivity index (χ0) is 16.4. The highest BCUT2D eigenvalue weighted by atomic mass is 16.2. The average Bonchev–Trinajstić information content (AvgIpc) is 2.46. The number of piperidine rings is 1. The lowest BCUT2D eigenvalue weighted by atomic mass is 10.1. The van der Waals surface area contributed by atoms with E-state index in [1.165, 1.54) is 11.3 Å². The van der Waals surface area contributed by atoms with Crippen molar-refractivity contribution in [2.24, 2.45) is 10.9 Å². The summed E-state index contributed by atoms with van der Waals surface area (Å²) >= 11 is 0. The van der Waals surface area contributed by atoms with Crippen LogP contribution in [0, 0.1) is 5.92 Å². The van der Waals surface area contributed by atoms with E-state index in [1.54, 1.807) is 0 Å². The quantitative estimate of drug-likeness (QED) is 0.308. The summed E-state index contributed by atoms with van der Waals surface area (Å²) in [6, 6.07) is 0. The number of carbonyl (C=O) groups is 2. The second-order valence-electron chi connectivity index (χ2n) is 6.02. The van der Waals surface area contributed by atoms with Crippen LogP contribution in [0.4, 0.5) is 0 Å². The molecule has 1 aliphatic heterocycles. The van der Waals surface area contributed by atoms with Gasteiger partial charge >= 0.3 is 0 Å². The van der Waals surface area contributed by atoms with Crippen molar-refractivity contribution < 1.29 is 9.59 Å². The molecule has 2 N–H and O–H groups in total. The van der Waals surface area contributed by atoms with Gasteiger partial charge in [0.15, 0.2) is 5.96 Å². The van der Waals surface area contributed by atoms with Crippen LogP contribution in [0.5, 0.6) is 0 Å². The summed E-state index contributed by atoms with van der Waals surface area (Å²) in [6.07, 6.45) is 3.88. The molecule has 0 unspecified atom stereocenters. The lowest BCUT2D eigenvalue weighted by Crippen LogP contribution is -2.46. The third-order valence-corrected chi connectivity index (χ3v) is 3.56. The normalized spacial score (nSPS) is 16.4. The van der Waals surface area contributed by atoms with Crippen molar-refractivity contribution in [3.05, 3.63) is 0 Å². The molecule has 0 spiro atoms. The molecule has 0 saturated carbocycles. The van der Waals surface area contributed by atoms with E-state index in [-0.39, 0.29) is 11.8 Å². The van der Waals surface area contributed by atoms with Gasteiger partial charge in [-0.3, -0.25) is 19.5 Å². The maximum Gasteiger partial charge on any atom is 0.229 e. The number of amides is 2. The standard InChI is InChI=1S/C16H30N4O2/c1-4-17-16(18-10-6-7-13(2)3)19-11-12-20-14(21)8-5-9-15(20)22/h13H,4-12H2,1-3H3,(H2,17,18,19). The minimum Gasteiger partial charge on any atom is -0.357 e. The Hall–Kier alpha value is -1.59. The Bertz CT molecular complexity index is 378. The van der Waals surface area contributed by atoms with Gasteiger partial charge in [0.2, 0.25) is 11.8 Å². The minimum absolute atomic E-state index is 0.0584. The number of aliphatic imine (C=N–C) groups is 1. The van der Waals surface area contributed by atoms with E-state index < -0.39 is 0 Å². The summed E-state index contributed by atoms with van der Waals surface area (Å²) in [5.74, 6) is 1.33. The molecule has 1 aliphatic rings. The number of rotatable bonds is 8. The van der Waals surface area contributed by atoms with Crippen LogP contribution >= 0.6 is 0 Å². The van der Waals surface area contributed by atoms with Gasteiger partial charge in [0.1, 0.15) is 0 Å². The molecule has 0 aliphatic carbocycles. The van der Waals surface area contributed by atoms with Crippen molar-refractivity contribution in [2.45, 2.75) is 52.9 Å². The maximum absolute atomic E-state index is 11.7. The molecule has 0 atom stereocenters. The molecule has 0 radical (unpaired) electrons. The third kappa shape index (κ3) is 6.91.